The van der Waals surface area contributed by atoms with Gasteiger partial charge in [-0.05, 0) is 18.1 Å². The summed E-state index contributed by atoms with van der Waals surface area (Å²) in [7, 11) is 0. The van der Waals surface area contributed by atoms with Crippen LogP contribution in [0, 0.1) is 5.92 Å². The van der Waals surface area contributed by atoms with Gasteiger partial charge in [-0.2, -0.15) is 5.10 Å². The standard InChI is InChI=1S/C17H19F2N3O4/c1-10(2)8-22-15(16(18)19)13(7-20-22)17(25)21-11-4-3-5-12(6-11)26-9-14(23)24/h3-7,10,16H,8-9H2,1-2H3,(H,21,25)(H,23,24). The number of carboxylic acids is 1. The predicted octanol–water partition coefficient (Wildman–Crippen LogP) is 3.19. The molecule has 2 N–H and O–H groups in total. The number of hydrogen-bond acceptors (Lipinski definition) is 4. The summed E-state index contributed by atoms with van der Waals surface area (Å²) in [6, 6.07) is 6.00. The van der Waals surface area contributed by atoms with E-state index in [9.17, 15) is 18.4 Å². The highest BCUT2D eigenvalue weighted by atomic mass is 19.3. The molecule has 0 unspecified atom stereocenters. The summed E-state index contributed by atoms with van der Waals surface area (Å²) in [5, 5.41) is 15.0. The van der Waals surface area contributed by atoms with Crippen LogP contribution in [0.1, 0.15) is 36.3 Å². The molecular formula is C17H19F2N3O4. The molecule has 0 saturated heterocycles. The van der Waals surface area contributed by atoms with Crippen molar-refractivity contribution >= 4 is 17.6 Å². The fourth-order valence-electron chi connectivity index (χ4n) is 2.30. The largest absolute Gasteiger partial charge is 0.482 e. The van der Waals surface area contributed by atoms with Crippen molar-refractivity contribution in [3.8, 4) is 5.75 Å². The maximum Gasteiger partial charge on any atom is 0.341 e. The molecule has 1 heterocycles. The summed E-state index contributed by atoms with van der Waals surface area (Å²) in [5.41, 5.74) is -0.360. The zero-order chi connectivity index (χ0) is 19.3. The average molecular weight is 367 g/mol. The molecular weight excluding hydrogens is 348 g/mol. The van der Waals surface area contributed by atoms with Gasteiger partial charge in [-0.25, -0.2) is 13.6 Å². The minimum atomic E-state index is -2.85. The summed E-state index contributed by atoms with van der Waals surface area (Å²) in [4.78, 5) is 22.9. The first-order chi connectivity index (χ1) is 12.3. The van der Waals surface area contributed by atoms with E-state index in [4.69, 9.17) is 9.84 Å². The molecule has 0 spiro atoms. The molecule has 0 fully saturated rings. The number of carboxylic acid groups (broad SMARTS) is 1. The van der Waals surface area contributed by atoms with Crippen molar-refractivity contribution in [2.24, 2.45) is 5.92 Å². The van der Waals surface area contributed by atoms with Gasteiger partial charge in [-0.1, -0.05) is 19.9 Å². The summed E-state index contributed by atoms with van der Waals surface area (Å²) < 4.78 is 32.9. The number of carbonyl (C=O) groups excluding carboxylic acids is 1. The van der Waals surface area contributed by atoms with E-state index in [0.29, 0.717) is 0 Å². The van der Waals surface area contributed by atoms with E-state index in [1.165, 1.54) is 18.2 Å². The third-order valence-corrected chi connectivity index (χ3v) is 3.32. The first-order valence-electron chi connectivity index (χ1n) is 7.87. The van der Waals surface area contributed by atoms with Crippen molar-refractivity contribution in [1.82, 2.24) is 9.78 Å². The van der Waals surface area contributed by atoms with Crippen molar-refractivity contribution in [1.29, 1.82) is 0 Å². The molecule has 0 aliphatic heterocycles. The van der Waals surface area contributed by atoms with Gasteiger partial charge in [0.15, 0.2) is 6.61 Å². The van der Waals surface area contributed by atoms with Crippen LogP contribution in [0.15, 0.2) is 30.5 Å². The second-order valence-corrected chi connectivity index (χ2v) is 5.98. The number of benzene rings is 1. The Bertz CT molecular complexity index is 790. The number of alkyl halides is 2. The van der Waals surface area contributed by atoms with Gasteiger partial charge in [-0.15, -0.1) is 0 Å². The summed E-state index contributed by atoms with van der Waals surface area (Å²) in [6.07, 6.45) is -1.73. The molecule has 26 heavy (non-hydrogen) atoms. The molecule has 1 amide bonds. The van der Waals surface area contributed by atoms with Crippen LogP contribution in [0.2, 0.25) is 0 Å². The summed E-state index contributed by atoms with van der Waals surface area (Å²) in [6.45, 7) is 3.46. The van der Waals surface area contributed by atoms with Crippen LogP contribution < -0.4 is 10.1 Å². The van der Waals surface area contributed by atoms with Crippen LogP contribution in [0.5, 0.6) is 5.75 Å². The first kappa shape index (κ1) is 19.4. The average Bonchev–Trinajstić information content (AvgIpc) is 2.96. The molecule has 1 aromatic heterocycles. The highest BCUT2D eigenvalue weighted by molar-refractivity contribution is 6.05. The van der Waals surface area contributed by atoms with Crippen LogP contribution in [0.3, 0.4) is 0 Å². The maximum absolute atomic E-state index is 13.4. The van der Waals surface area contributed by atoms with Gasteiger partial charge in [0.1, 0.15) is 11.4 Å². The molecule has 0 radical (unpaired) electrons. The second kappa shape index (κ2) is 8.41. The second-order valence-electron chi connectivity index (χ2n) is 5.98. The van der Waals surface area contributed by atoms with Crippen LogP contribution in [-0.4, -0.2) is 33.4 Å². The van der Waals surface area contributed by atoms with E-state index in [1.807, 2.05) is 13.8 Å². The first-order valence-corrected chi connectivity index (χ1v) is 7.87. The van der Waals surface area contributed by atoms with Gasteiger partial charge < -0.3 is 15.2 Å². The third kappa shape index (κ3) is 5.01. The zero-order valence-corrected chi connectivity index (χ0v) is 14.3. The van der Waals surface area contributed by atoms with E-state index >= 15 is 0 Å². The number of anilines is 1. The fraction of sp³-hybridized carbons (Fsp3) is 0.353. The SMILES string of the molecule is CC(C)Cn1ncc(C(=O)Nc2cccc(OCC(=O)O)c2)c1C(F)F. The molecule has 0 aliphatic rings. The minimum Gasteiger partial charge on any atom is -0.482 e. The lowest BCUT2D eigenvalue weighted by Gasteiger charge is -2.11. The molecule has 9 heteroatoms. The lowest BCUT2D eigenvalue weighted by Crippen LogP contribution is -2.16. The van der Waals surface area contributed by atoms with Crippen LogP contribution in [0.4, 0.5) is 14.5 Å². The van der Waals surface area contributed by atoms with Gasteiger partial charge in [0.2, 0.25) is 0 Å². The Kier molecular flexibility index (Phi) is 6.26. The molecule has 1 aromatic carbocycles. The highest BCUT2D eigenvalue weighted by Crippen LogP contribution is 2.25. The lowest BCUT2D eigenvalue weighted by atomic mass is 10.2. The Morgan fingerprint density at radius 1 is 1.35 bits per heavy atom. The number of aliphatic carboxylic acids is 1. The fourth-order valence-corrected chi connectivity index (χ4v) is 2.30. The van der Waals surface area contributed by atoms with E-state index < -0.39 is 30.6 Å². The van der Waals surface area contributed by atoms with Crippen molar-refractivity contribution in [3.63, 3.8) is 0 Å². The van der Waals surface area contributed by atoms with Crippen molar-refractivity contribution in [2.45, 2.75) is 26.8 Å². The van der Waals surface area contributed by atoms with Gasteiger partial charge in [0, 0.05) is 18.3 Å². The molecule has 2 aromatic rings. The molecule has 140 valence electrons. The van der Waals surface area contributed by atoms with Gasteiger partial charge >= 0.3 is 5.97 Å². The monoisotopic (exact) mass is 367 g/mol. The smallest absolute Gasteiger partial charge is 0.341 e. The number of nitrogens with one attached hydrogen (secondary N) is 1. The Labute approximate surface area is 148 Å². The summed E-state index contributed by atoms with van der Waals surface area (Å²) >= 11 is 0. The number of ether oxygens (including phenoxy) is 1. The van der Waals surface area contributed by atoms with Crippen molar-refractivity contribution < 1.29 is 28.2 Å². The van der Waals surface area contributed by atoms with E-state index in [2.05, 4.69) is 10.4 Å². The highest BCUT2D eigenvalue weighted by Gasteiger charge is 2.25. The number of halogens is 2. The lowest BCUT2D eigenvalue weighted by molar-refractivity contribution is -0.139. The van der Waals surface area contributed by atoms with E-state index in [1.54, 1.807) is 6.07 Å². The number of carbonyl (C=O) groups is 2. The van der Waals surface area contributed by atoms with Crippen molar-refractivity contribution in [3.05, 3.63) is 41.7 Å². The normalized spacial score (nSPS) is 11.0. The topological polar surface area (TPSA) is 93.5 Å². The molecule has 0 atom stereocenters. The molecule has 0 bridgehead atoms. The summed E-state index contributed by atoms with van der Waals surface area (Å²) in [5.74, 6) is -1.55. The number of hydrogen-bond donors (Lipinski definition) is 2. The maximum atomic E-state index is 13.4. The predicted molar refractivity (Wildman–Crippen MR) is 89.5 cm³/mol. The van der Waals surface area contributed by atoms with Crippen LogP contribution >= 0.6 is 0 Å². The number of aromatic nitrogens is 2. The van der Waals surface area contributed by atoms with Crippen LogP contribution in [-0.2, 0) is 11.3 Å². The van der Waals surface area contributed by atoms with Gasteiger partial charge in [0.05, 0.1) is 11.8 Å². The van der Waals surface area contributed by atoms with Crippen LogP contribution in [0.25, 0.3) is 0 Å². The quantitative estimate of drug-likeness (QED) is 0.747. The van der Waals surface area contributed by atoms with E-state index in [-0.39, 0.29) is 29.5 Å². The zero-order valence-electron chi connectivity index (χ0n) is 14.3. The number of rotatable bonds is 8. The van der Waals surface area contributed by atoms with Gasteiger partial charge in [-0.3, -0.25) is 9.48 Å². The third-order valence-electron chi connectivity index (χ3n) is 3.32. The minimum absolute atomic E-state index is 0.0892. The Morgan fingerprint density at radius 2 is 2.08 bits per heavy atom. The molecule has 7 nitrogen and oxygen atoms in total. The number of amides is 1. The van der Waals surface area contributed by atoms with Crippen molar-refractivity contribution in [2.75, 3.05) is 11.9 Å². The molecule has 0 saturated carbocycles. The van der Waals surface area contributed by atoms with Gasteiger partial charge in [0.25, 0.3) is 12.3 Å². The molecule has 0 aliphatic carbocycles. The Morgan fingerprint density at radius 3 is 2.69 bits per heavy atom. The Balaban J connectivity index is 2.18. The Hall–Kier alpha value is -2.97. The molecule has 2 rings (SSSR count). The number of nitrogens with zero attached hydrogens (tertiary/aromatic N) is 2. The van der Waals surface area contributed by atoms with E-state index in [0.717, 1.165) is 10.9 Å².